The maximum Gasteiger partial charge on any atom is 0.204 e. The van der Waals surface area contributed by atoms with E-state index in [9.17, 15) is 15.0 Å². The van der Waals surface area contributed by atoms with E-state index in [0.717, 1.165) is 18.4 Å². The molecule has 4 atom stereocenters. The minimum atomic E-state index is -0.856. The number of methoxy groups -OCH3 is 2. The van der Waals surface area contributed by atoms with E-state index in [-0.39, 0.29) is 29.1 Å². The lowest BCUT2D eigenvalue weighted by Gasteiger charge is -2.33. The fourth-order valence-electron chi connectivity index (χ4n) is 3.71. The Hall–Kier alpha value is -1.85. The van der Waals surface area contributed by atoms with Gasteiger partial charge in [0.2, 0.25) is 11.5 Å². The molecule has 0 saturated heterocycles. The SMILES string of the molecule is COC1=C(OC)[C@H](O)[C@H](C/C=C(\C)CC/C=C(\C)C[C@@H](O)C=C(C)C)[C@@H](C)C1=O. The summed E-state index contributed by atoms with van der Waals surface area (Å²) in [5, 5.41) is 20.6. The van der Waals surface area contributed by atoms with E-state index in [2.05, 4.69) is 19.1 Å². The Kier molecular flexibility index (Phi) is 10.4. The summed E-state index contributed by atoms with van der Waals surface area (Å²) >= 11 is 0. The van der Waals surface area contributed by atoms with Crippen molar-refractivity contribution in [3.8, 4) is 0 Å². The van der Waals surface area contributed by atoms with Gasteiger partial charge in [-0.15, -0.1) is 0 Å². The Bertz CT molecular complexity index is 679. The van der Waals surface area contributed by atoms with Gasteiger partial charge < -0.3 is 19.7 Å². The van der Waals surface area contributed by atoms with Gasteiger partial charge in [0.05, 0.1) is 20.3 Å². The molecule has 5 nitrogen and oxygen atoms in total. The average Bonchev–Trinajstić information content (AvgIpc) is 2.63. The molecule has 1 aliphatic rings. The number of ether oxygens (including phenoxy) is 2. The molecule has 0 saturated carbocycles. The topological polar surface area (TPSA) is 76.0 Å². The largest absolute Gasteiger partial charge is 0.494 e. The molecule has 0 heterocycles. The van der Waals surface area contributed by atoms with Crippen LogP contribution in [-0.2, 0) is 14.3 Å². The highest BCUT2D eigenvalue weighted by Crippen LogP contribution is 2.35. The number of allylic oxidation sites excluding steroid dienone is 5. The van der Waals surface area contributed by atoms with Crippen molar-refractivity contribution in [2.45, 2.75) is 72.5 Å². The third kappa shape index (κ3) is 7.48. The molecule has 5 heteroatoms. The second kappa shape index (κ2) is 12.0. The molecule has 1 aliphatic carbocycles. The van der Waals surface area contributed by atoms with Crippen molar-refractivity contribution in [1.29, 1.82) is 0 Å². The quantitative estimate of drug-likeness (QED) is 0.524. The van der Waals surface area contributed by atoms with E-state index >= 15 is 0 Å². The summed E-state index contributed by atoms with van der Waals surface area (Å²) in [6, 6.07) is 0. The Labute approximate surface area is 175 Å². The molecule has 0 radical (unpaired) electrons. The molecule has 164 valence electrons. The molecule has 0 fully saturated rings. The van der Waals surface area contributed by atoms with Crippen molar-refractivity contribution in [3.63, 3.8) is 0 Å². The van der Waals surface area contributed by atoms with Crippen LogP contribution in [0.2, 0.25) is 0 Å². The molecule has 0 aromatic carbocycles. The number of ketones is 1. The molecule has 0 aromatic heterocycles. The second-order valence-electron chi connectivity index (χ2n) is 8.25. The number of aliphatic hydroxyl groups excluding tert-OH is 2. The number of hydrogen-bond donors (Lipinski definition) is 2. The molecule has 1 rings (SSSR count). The summed E-state index contributed by atoms with van der Waals surface area (Å²) in [5.41, 5.74) is 3.50. The van der Waals surface area contributed by atoms with Crippen molar-refractivity contribution < 1.29 is 24.5 Å². The lowest BCUT2D eigenvalue weighted by Crippen LogP contribution is -2.40. The predicted molar refractivity (Wildman–Crippen MR) is 116 cm³/mol. The minimum Gasteiger partial charge on any atom is -0.494 e. The number of carbonyl (C=O) groups is 1. The molecule has 0 aliphatic heterocycles. The number of rotatable bonds is 10. The van der Waals surface area contributed by atoms with Gasteiger partial charge in [0, 0.05) is 11.8 Å². The smallest absolute Gasteiger partial charge is 0.204 e. The number of hydrogen-bond acceptors (Lipinski definition) is 5. The van der Waals surface area contributed by atoms with Crippen LogP contribution in [0.1, 0.15) is 60.3 Å². The van der Waals surface area contributed by atoms with Gasteiger partial charge >= 0.3 is 0 Å². The molecule has 0 spiro atoms. The van der Waals surface area contributed by atoms with Gasteiger partial charge in [-0.25, -0.2) is 0 Å². The van der Waals surface area contributed by atoms with Gasteiger partial charge in [-0.3, -0.25) is 4.79 Å². The summed E-state index contributed by atoms with van der Waals surface area (Å²) < 4.78 is 10.4. The van der Waals surface area contributed by atoms with E-state index in [0.29, 0.717) is 12.8 Å². The summed E-state index contributed by atoms with van der Waals surface area (Å²) in [6.07, 6.45) is 7.90. The highest BCUT2D eigenvalue weighted by Gasteiger charge is 2.42. The predicted octanol–water partition coefficient (Wildman–Crippen LogP) is 4.47. The molecule has 29 heavy (non-hydrogen) atoms. The summed E-state index contributed by atoms with van der Waals surface area (Å²) in [7, 11) is 2.87. The minimum absolute atomic E-state index is 0.125. The fourth-order valence-corrected chi connectivity index (χ4v) is 3.71. The van der Waals surface area contributed by atoms with E-state index in [1.165, 1.54) is 25.4 Å². The number of Topliss-reactive ketones (excluding diaryl/α,β-unsaturated/α-hetero) is 1. The first-order valence-electron chi connectivity index (χ1n) is 10.3. The Balaban J connectivity index is 2.67. The first-order chi connectivity index (χ1) is 13.6. The van der Waals surface area contributed by atoms with Crippen LogP contribution in [0.3, 0.4) is 0 Å². The van der Waals surface area contributed by atoms with Crippen LogP contribution < -0.4 is 0 Å². The lowest BCUT2D eigenvalue weighted by atomic mass is 9.77. The van der Waals surface area contributed by atoms with E-state index < -0.39 is 12.2 Å². The standard InChI is InChI=1S/C24H38O5/c1-15(2)13-19(25)14-17(4)10-8-9-16(3)11-12-20-18(5)21(26)23(28-6)24(29-7)22(20)27/h10-11,13,18-20,22,25,27H,8-9,12,14H2,1-7H3/b16-11+,17-10+/t18-,19+,20-,22-/m1/s1. The van der Waals surface area contributed by atoms with E-state index in [1.807, 2.05) is 33.8 Å². The summed E-state index contributed by atoms with van der Waals surface area (Å²) in [6.45, 7) is 9.90. The molecular formula is C24H38O5. The third-order valence-corrected chi connectivity index (χ3v) is 5.43. The lowest BCUT2D eigenvalue weighted by molar-refractivity contribution is -0.128. The van der Waals surface area contributed by atoms with Crippen molar-refractivity contribution in [2.24, 2.45) is 11.8 Å². The maximum absolute atomic E-state index is 12.5. The van der Waals surface area contributed by atoms with Gasteiger partial charge in [0.1, 0.15) is 6.10 Å². The van der Waals surface area contributed by atoms with Gasteiger partial charge in [-0.1, -0.05) is 41.9 Å². The van der Waals surface area contributed by atoms with E-state index in [4.69, 9.17) is 9.47 Å². The zero-order chi connectivity index (χ0) is 22.1. The van der Waals surface area contributed by atoms with E-state index in [1.54, 1.807) is 0 Å². The maximum atomic E-state index is 12.5. The van der Waals surface area contributed by atoms with Gasteiger partial charge in [0.15, 0.2) is 5.76 Å². The molecule has 0 bridgehead atoms. The highest BCUT2D eigenvalue weighted by molar-refractivity contribution is 5.97. The molecule has 0 aromatic rings. The molecule has 0 amide bonds. The van der Waals surface area contributed by atoms with Crippen LogP contribution in [0, 0.1) is 11.8 Å². The monoisotopic (exact) mass is 406 g/mol. The van der Waals surface area contributed by atoms with Crippen LogP contribution in [0.5, 0.6) is 0 Å². The molecule has 2 N–H and O–H groups in total. The van der Waals surface area contributed by atoms with Gasteiger partial charge in [-0.05, 0) is 53.4 Å². The second-order valence-corrected chi connectivity index (χ2v) is 8.25. The van der Waals surface area contributed by atoms with Crippen molar-refractivity contribution in [2.75, 3.05) is 14.2 Å². The summed E-state index contributed by atoms with van der Waals surface area (Å²) in [4.78, 5) is 12.5. The number of aliphatic hydroxyl groups is 2. The first-order valence-corrected chi connectivity index (χ1v) is 10.3. The normalized spacial score (nSPS) is 24.4. The average molecular weight is 407 g/mol. The molecular weight excluding hydrogens is 368 g/mol. The van der Waals surface area contributed by atoms with Crippen LogP contribution in [0.4, 0.5) is 0 Å². The van der Waals surface area contributed by atoms with Gasteiger partial charge in [0.25, 0.3) is 0 Å². The van der Waals surface area contributed by atoms with Crippen molar-refractivity contribution >= 4 is 5.78 Å². The van der Waals surface area contributed by atoms with Crippen molar-refractivity contribution in [3.05, 3.63) is 46.5 Å². The first kappa shape index (κ1) is 25.2. The highest BCUT2D eigenvalue weighted by atomic mass is 16.5. The Morgan fingerprint density at radius 2 is 1.76 bits per heavy atom. The van der Waals surface area contributed by atoms with Crippen LogP contribution in [0.25, 0.3) is 0 Å². The van der Waals surface area contributed by atoms with Crippen LogP contribution in [-0.4, -0.2) is 42.4 Å². The zero-order valence-electron chi connectivity index (χ0n) is 19.0. The van der Waals surface area contributed by atoms with Crippen LogP contribution in [0.15, 0.2) is 46.5 Å². The summed E-state index contributed by atoms with van der Waals surface area (Å²) in [5.74, 6) is -0.343. The van der Waals surface area contributed by atoms with Crippen molar-refractivity contribution in [1.82, 2.24) is 0 Å². The third-order valence-electron chi connectivity index (χ3n) is 5.43. The van der Waals surface area contributed by atoms with Crippen LogP contribution >= 0.6 is 0 Å². The Morgan fingerprint density at radius 1 is 1.10 bits per heavy atom. The molecule has 0 unspecified atom stereocenters. The Morgan fingerprint density at radius 3 is 2.31 bits per heavy atom. The fraction of sp³-hybridized carbons (Fsp3) is 0.625. The number of carbonyl (C=O) groups excluding carboxylic acids is 1. The van der Waals surface area contributed by atoms with Gasteiger partial charge in [-0.2, -0.15) is 0 Å². The zero-order valence-corrected chi connectivity index (χ0v) is 19.0.